The lowest BCUT2D eigenvalue weighted by Crippen LogP contribution is -2.12. The first-order chi connectivity index (χ1) is 9.45. The molecule has 0 saturated carbocycles. The molecular formula is C14H8BrCl2FO2. The predicted octanol–water partition coefficient (Wildman–Crippen LogP) is 5.16. The van der Waals surface area contributed by atoms with Crippen LogP contribution in [0.25, 0.3) is 0 Å². The minimum atomic E-state index is -0.456. The Kier molecular flexibility index (Phi) is 5.02. The molecule has 0 atom stereocenters. The summed E-state index contributed by atoms with van der Waals surface area (Å²) in [7, 11) is 0. The summed E-state index contributed by atoms with van der Waals surface area (Å²) in [6, 6.07) is 8.65. The van der Waals surface area contributed by atoms with Crippen LogP contribution in [0.2, 0.25) is 10.0 Å². The van der Waals surface area contributed by atoms with Gasteiger partial charge in [0.15, 0.2) is 6.61 Å². The first-order valence-corrected chi connectivity index (χ1v) is 7.08. The molecule has 0 amide bonds. The van der Waals surface area contributed by atoms with Gasteiger partial charge in [-0.25, -0.2) is 4.39 Å². The van der Waals surface area contributed by atoms with Crippen molar-refractivity contribution >= 4 is 44.9 Å². The number of Topliss-reactive ketones (excluding diaryl/α,β-unsaturated/α-hetero) is 1. The Morgan fingerprint density at radius 1 is 1.20 bits per heavy atom. The minimum absolute atomic E-state index is 0.253. The molecule has 0 bridgehead atoms. The van der Waals surface area contributed by atoms with E-state index in [0.717, 1.165) is 0 Å². The standard InChI is InChI=1S/C14H8BrCl2FO2/c15-8-3-10(18)6-11(4-8)20-7-14(19)12-5-9(16)1-2-13(12)17/h1-6H,7H2. The molecule has 0 radical (unpaired) electrons. The summed E-state index contributed by atoms with van der Waals surface area (Å²) in [5.74, 6) is -0.538. The highest BCUT2D eigenvalue weighted by Gasteiger charge is 2.12. The van der Waals surface area contributed by atoms with Crippen molar-refractivity contribution < 1.29 is 13.9 Å². The Bertz CT molecular complexity index is 641. The molecule has 0 aliphatic rings. The van der Waals surface area contributed by atoms with Crippen molar-refractivity contribution in [2.45, 2.75) is 0 Å². The second-order valence-electron chi connectivity index (χ2n) is 3.94. The van der Waals surface area contributed by atoms with Crippen molar-refractivity contribution in [3.05, 3.63) is 62.3 Å². The van der Waals surface area contributed by atoms with E-state index < -0.39 is 5.82 Å². The van der Waals surface area contributed by atoms with E-state index in [0.29, 0.717) is 14.5 Å². The van der Waals surface area contributed by atoms with Crippen LogP contribution in [0, 0.1) is 5.82 Å². The van der Waals surface area contributed by atoms with E-state index in [9.17, 15) is 9.18 Å². The van der Waals surface area contributed by atoms with Gasteiger partial charge in [-0.05, 0) is 30.3 Å². The maximum atomic E-state index is 13.2. The number of rotatable bonds is 4. The van der Waals surface area contributed by atoms with Gasteiger partial charge in [-0.1, -0.05) is 39.1 Å². The zero-order valence-electron chi connectivity index (χ0n) is 10.00. The van der Waals surface area contributed by atoms with E-state index in [1.807, 2.05) is 0 Å². The van der Waals surface area contributed by atoms with E-state index in [4.69, 9.17) is 27.9 Å². The van der Waals surface area contributed by atoms with E-state index >= 15 is 0 Å². The Labute approximate surface area is 133 Å². The third kappa shape index (κ3) is 3.95. The predicted molar refractivity (Wildman–Crippen MR) is 80.4 cm³/mol. The van der Waals surface area contributed by atoms with Gasteiger partial charge in [0.05, 0.1) is 5.02 Å². The zero-order valence-corrected chi connectivity index (χ0v) is 13.1. The number of carbonyl (C=O) groups excluding carboxylic acids is 1. The van der Waals surface area contributed by atoms with Crippen LogP contribution in [0.1, 0.15) is 10.4 Å². The fraction of sp³-hybridized carbons (Fsp3) is 0.0714. The Morgan fingerprint density at radius 2 is 1.95 bits per heavy atom. The monoisotopic (exact) mass is 376 g/mol. The molecule has 0 aliphatic heterocycles. The quantitative estimate of drug-likeness (QED) is 0.688. The van der Waals surface area contributed by atoms with Crippen LogP contribution in [-0.4, -0.2) is 12.4 Å². The lowest BCUT2D eigenvalue weighted by atomic mass is 10.1. The van der Waals surface area contributed by atoms with Gasteiger partial charge in [0.2, 0.25) is 5.78 Å². The third-order valence-corrected chi connectivity index (χ3v) is 3.46. The molecule has 0 N–H and O–H groups in total. The Hall–Kier alpha value is -1.10. The number of carbonyl (C=O) groups is 1. The number of hydrogen-bond donors (Lipinski definition) is 0. The summed E-state index contributed by atoms with van der Waals surface area (Å²) in [5.41, 5.74) is 0.273. The maximum Gasteiger partial charge on any atom is 0.201 e. The molecule has 0 aromatic heterocycles. The summed E-state index contributed by atoms with van der Waals surface area (Å²) in [6.07, 6.45) is 0. The van der Waals surface area contributed by atoms with Crippen LogP contribution in [0.3, 0.4) is 0 Å². The van der Waals surface area contributed by atoms with Gasteiger partial charge < -0.3 is 4.74 Å². The van der Waals surface area contributed by atoms with Crippen molar-refractivity contribution in [1.29, 1.82) is 0 Å². The van der Waals surface area contributed by atoms with E-state index in [-0.39, 0.29) is 23.7 Å². The van der Waals surface area contributed by atoms with Crippen LogP contribution >= 0.6 is 39.1 Å². The molecule has 2 aromatic rings. The van der Waals surface area contributed by atoms with Crippen molar-refractivity contribution in [3.8, 4) is 5.75 Å². The number of benzene rings is 2. The minimum Gasteiger partial charge on any atom is -0.485 e. The zero-order chi connectivity index (χ0) is 14.7. The molecule has 0 aliphatic carbocycles. The normalized spacial score (nSPS) is 10.4. The first kappa shape index (κ1) is 15.3. The van der Waals surface area contributed by atoms with E-state index in [2.05, 4.69) is 15.9 Å². The Morgan fingerprint density at radius 3 is 2.65 bits per heavy atom. The van der Waals surface area contributed by atoms with Crippen LogP contribution in [-0.2, 0) is 0 Å². The summed E-state index contributed by atoms with van der Waals surface area (Å²) in [4.78, 5) is 12.0. The molecule has 0 heterocycles. The van der Waals surface area contributed by atoms with Gasteiger partial charge in [-0.3, -0.25) is 4.79 Å². The van der Waals surface area contributed by atoms with Gasteiger partial charge >= 0.3 is 0 Å². The molecule has 2 rings (SSSR count). The largest absolute Gasteiger partial charge is 0.485 e. The van der Waals surface area contributed by atoms with Crippen molar-refractivity contribution in [3.63, 3.8) is 0 Å². The van der Waals surface area contributed by atoms with Gasteiger partial charge in [-0.2, -0.15) is 0 Å². The fourth-order valence-electron chi connectivity index (χ4n) is 1.55. The average Bonchev–Trinajstić information content (AvgIpc) is 2.38. The first-order valence-electron chi connectivity index (χ1n) is 5.53. The second-order valence-corrected chi connectivity index (χ2v) is 5.70. The SMILES string of the molecule is O=C(COc1cc(F)cc(Br)c1)c1cc(Cl)ccc1Cl. The lowest BCUT2D eigenvalue weighted by molar-refractivity contribution is 0.0921. The average molecular weight is 378 g/mol. The molecule has 0 fully saturated rings. The van der Waals surface area contributed by atoms with E-state index in [1.165, 1.54) is 24.3 Å². The van der Waals surface area contributed by atoms with Crippen LogP contribution in [0.5, 0.6) is 5.75 Å². The third-order valence-electron chi connectivity index (χ3n) is 2.43. The molecule has 0 unspecified atom stereocenters. The fourth-order valence-corrected chi connectivity index (χ4v) is 2.39. The van der Waals surface area contributed by atoms with Gasteiger partial charge in [0.25, 0.3) is 0 Å². The summed E-state index contributed by atoms with van der Waals surface area (Å²) >= 11 is 14.9. The van der Waals surface area contributed by atoms with Gasteiger partial charge in [0.1, 0.15) is 11.6 Å². The smallest absolute Gasteiger partial charge is 0.201 e. The number of hydrogen-bond acceptors (Lipinski definition) is 2. The summed E-state index contributed by atoms with van der Waals surface area (Å²) < 4.78 is 18.9. The molecule has 0 saturated heterocycles. The molecule has 2 aromatic carbocycles. The lowest BCUT2D eigenvalue weighted by Gasteiger charge is -2.07. The number of ketones is 1. The molecule has 6 heteroatoms. The van der Waals surface area contributed by atoms with Crippen LogP contribution in [0.4, 0.5) is 4.39 Å². The van der Waals surface area contributed by atoms with Crippen molar-refractivity contribution in [2.75, 3.05) is 6.61 Å². The maximum absolute atomic E-state index is 13.2. The second kappa shape index (κ2) is 6.57. The summed E-state index contributed by atoms with van der Waals surface area (Å²) in [6.45, 7) is -0.254. The van der Waals surface area contributed by atoms with Gasteiger partial charge in [0, 0.05) is 21.1 Å². The Balaban J connectivity index is 2.10. The number of halogens is 4. The summed E-state index contributed by atoms with van der Waals surface area (Å²) in [5, 5.41) is 0.703. The number of ether oxygens (including phenoxy) is 1. The van der Waals surface area contributed by atoms with Crippen molar-refractivity contribution in [1.82, 2.24) is 0 Å². The van der Waals surface area contributed by atoms with Crippen LogP contribution < -0.4 is 4.74 Å². The highest BCUT2D eigenvalue weighted by atomic mass is 79.9. The van der Waals surface area contributed by atoms with Crippen molar-refractivity contribution in [2.24, 2.45) is 0 Å². The van der Waals surface area contributed by atoms with Gasteiger partial charge in [-0.15, -0.1) is 0 Å². The van der Waals surface area contributed by atoms with E-state index in [1.54, 1.807) is 12.1 Å². The van der Waals surface area contributed by atoms with Crippen LogP contribution in [0.15, 0.2) is 40.9 Å². The molecule has 2 nitrogen and oxygen atoms in total. The topological polar surface area (TPSA) is 26.3 Å². The molecule has 0 spiro atoms. The highest BCUT2D eigenvalue weighted by molar-refractivity contribution is 9.10. The molecular weight excluding hydrogens is 370 g/mol. The highest BCUT2D eigenvalue weighted by Crippen LogP contribution is 2.23. The molecule has 20 heavy (non-hydrogen) atoms. The molecule has 104 valence electrons.